The van der Waals surface area contributed by atoms with E-state index in [-0.39, 0.29) is 17.6 Å². The van der Waals surface area contributed by atoms with E-state index in [0.717, 1.165) is 17.3 Å². The molecule has 4 heteroatoms. The Bertz CT molecular complexity index is 453. The van der Waals surface area contributed by atoms with Gasteiger partial charge in [0.2, 0.25) is 0 Å². The van der Waals surface area contributed by atoms with E-state index in [1.807, 2.05) is 12.1 Å². The molecule has 0 aliphatic heterocycles. The van der Waals surface area contributed by atoms with Gasteiger partial charge in [0.15, 0.2) is 5.78 Å². The lowest BCUT2D eigenvalue weighted by Crippen LogP contribution is -2.20. The maximum atomic E-state index is 12.1. The molecule has 1 aromatic carbocycles. The van der Waals surface area contributed by atoms with Gasteiger partial charge in [-0.1, -0.05) is 34.5 Å². The highest BCUT2D eigenvalue weighted by molar-refractivity contribution is 9.10. The Hall–Kier alpha value is -1.16. The van der Waals surface area contributed by atoms with E-state index >= 15 is 0 Å². The van der Waals surface area contributed by atoms with Crippen LogP contribution in [0, 0.1) is 11.8 Å². The molecule has 0 amide bonds. The van der Waals surface area contributed by atoms with Crippen molar-refractivity contribution in [3.05, 3.63) is 34.3 Å². The molecule has 1 fully saturated rings. The zero-order valence-electron chi connectivity index (χ0n) is 9.93. The van der Waals surface area contributed by atoms with Gasteiger partial charge < -0.3 is 5.11 Å². The summed E-state index contributed by atoms with van der Waals surface area (Å²) in [5, 5.41) is 9.09. The van der Waals surface area contributed by atoms with E-state index in [9.17, 15) is 9.59 Å². The van der Waals surface area contributed by atoms with Crippen molar-refractivity contribution < 1.29 is 14.7 Å². The predicted molar refractivity (Wildman–Crippen MR) is 71.6 cm³/mol. The molecule has 96 valence electrons. The lowest BCUT2D eigenvalue weighted by molar-refractivity contribution is -0.142. The van der Waals surface area contributed by atoms with Crippen molar-refractivity contribution in [2.24, 2.45) is 11.8 Å². The van der Waals surface area contributed by atoms with Gasteiger partial charge in [-0.05, 0) is 30.9 Å². The van der Waals surface area contributed by atoms with Crippen molar-refractivity contribution in [2.75, 3.05) is 0 Å². The summed E-state index contributed by atoms with van der Waals surface area (Å²) in [4.78, 5) is 23.1. The first-order valence-corrected chi connectivity index (χ1v) is 6.89. The van der Waals surface area contributed by atoms with Gasteiger partial charge in [0, 0.05) is 16.5 Å². The normalized spacial score (nSPS) is 22.9. The minimum Gasteiger partial charge on any atom is -0.481 e. The molecular weight excluding hydrogens is 296 g/mol. The molecule has 1 N–H and O–H groups in total. The Balaban J connectivity index is 2.03. The van der Waals surface area contributed by atoms with Crippen LogP contribution in [0.1, 0.15) is 36.0 Å². The average Bonchev–Trinajstić information content (AvgIpc) is 2.78. The fourth-order valence-corrected chi connectivity index (χ4v) is 2.86. The summed E-state index contributed by atoms with van der Waals surface area (Å²) < 4.78 is 0.934. The molecule has 0 aromatic heterocycles. The van der Waals surface area contributed by atoms with Crippen molar-refractivity contribution >= 4 is 27.7 Å². The first-order chi connectivity index (χ1) is 8.58. The van der Waals surface area contributed by atoms with Crippen LogP contribution in [0.15, 0.2) is 28.7 Å². The van der Waals surface area contributed by atoms with Crippen molar-refractivity contribution in [1.82, 2.24) is 0 Å². The van der Waals surface area contributed by atoms with Gasteiger partial charge in [0.1, 0.15) is 0 Å². The van der Waals surface area contributed by atoms with E-state index in [4.69, 9.17) is 5.11 Å². The second-order valence-corrected chi connectivity index (χ2v) is 5.69. The highest BCUT2D eigenvalue weighted by Crippen LogP contribution is 2.35. The van der Waals surface area contributed by atoms with Gasteiger partial charge >= 0.3 is 5.97 Å². The van der Waals surface area contributed by atoms with Crippen molar-refractivity contribution in [3.63, 3.8) is 0 Å². The van der Waals surface area contributed by atoms with Gasteiger partial charge in [-0.25, -0.2) is 0 Å². The summed E-state index contributed by atoms with van der Waals surface area (Å²) in [6, 6.07) is 7.21. The van der Waals surface area contributed by atoms with E-state index in [2.05, 4.69) is 15.9 Å². The Labute approximate surface area is 114 Å². The van der Waals surface area contributed by atoms with Crippen LogP contribution in [0.25, 0.3) is 0 Å². The Morgan fingerprint density at radius 2 is 1.89 bits per heavy atom. The Kier molecular flexibility index (Phi) is 4.17. The third-order valence-corrected chi connectivity index (χ3v) is 4.12. The van der Waals surface area contributed by atoms with Gasteiger partial charge in [0.05, 0.1) is 5.92 Å². The topological polar surface area (TPSA) is 54.4 Å². The molecule has 3 nitrogen and oxygen atoms in total. The molecule has 2 rings (SSSR count). The average molecular weight is 311 g/mol. The number of hydrogen-bond acceptors (Lipinski definition) is 2. The number of halogens is 1. The highest BCUT2D eigenvalue weighted by atomic mass is 79.9. The molecule has 0 radical (unpaired) electrons. The summed E-state index contributed by atoms with van der Waals surface area (Å²) in [7, 11) is 0. The van der Waals surface area contributed by atoms with Gasteiger partial charge in [-0.15, -0.1) is 0 Å². The monoisotopic (exact) mass is 310 g/mol. The SMILES string of the molecule is O=C(CC1CCCC1C(=O)O)c1ccc(Br)cc1. The second kappa shape index (κ2) is 5.65. The van der Waals surface area contributed by atoms with Crippen LogP contribution in [-0.4, -0.2) is 16.9 Å². The molecule has 1 saturated carbocycles. The first kappa shape index (κ1) is 13.3. The van der Waals surface area contributed by atoms with Crippen LogP contribution in [0.4, 0.5) is 0 Å². The smallest absolute Gasteiger partial charge is 0.306 e. The third kappa shape index (κ3) is 2.99. The molecule has 0 bridgehead atoms. The van der Waals surface area contributed by atoms with Gasteiger partial charge in [-0.2, -0.15) is 0 Å². The fraction of sp³-hybridized carbons (Fsp3) is 0.429. The van der Waals surface area contributed by atoms with Crippen LogP contribution >= 0.6 is 15.9 Å². The van der Waals surface area contributed by atoms with Crippen LogP contribution in [0.2, 0.25) is 0 Å². The van der Waals surface area contributed by atoms with E-state index in [0.29, 0.717) is 18.4 Å². The molecule has 1 aromatic rings. The van der Waals surface area contributed by atoms with E-state index < -0.39 is 5.97 Å². The molecule has 18 heavy (non-hydrogen) atoms. The molecule has 1 aliphatic rings. The molecule has 1 aliphatic carbocycles. The van der Waals surface area contributed by atoms with Crippen molar-refractivity contribution in [3.8, 4) is 0 Å². The van der Waals surface area contributed by atoms with Crippen molar-refractivity contribution in [2.45, 2.75) is 25.7 Å². The number of carbonyl (C=O) groups is 2. The quantitative estimate of drug-likeness (QED) is 0.866. The van der Waals surface area contributed by atoms with E-state index in [1.165, 1.54) is 0 Å². The largest absolute Gasteiger partial charge is 0.481 e. The summed E-state index contributed by atoms with van der Waals surface area (Å²) in [5.41, 5.74) is 0.661. The maximum Gasteiger partial charge on any atom is 0.306 e. The molecule has 2 unspecified atom stereocenters. The highest BCUT2D eigenvalue weighted by Gasteiger charge is 2.34. The summed E-state index contributed by atoms with van der Waals surface area (Å²) >= 11 is 3.32. The maximum absolute atomic E-state index is 12.1. The Morgan fingerprint density at radius 1 is 1.22 bits per heavy atom. The predicted octanol–water partition coefficient (Wildman–Crippen LogP) is 3.52. The number of benzene rings is 1. The lowest BCUT2D eigenvalue weighted by Gasteiger charge is -2.14. The number of carboxylic acid groups (broad SMARTS) is 1. The third-order valence-electron chi connectivity index (χ3n) is 3.59. The number of carbonyl (C=O) groups excluding carboxylic acids is 1. The molecule has 2 atom stereocenters. The van der Waals surface area contributed by atoms with Crippen LogP contribution in [-0.2, 0) is 4.79 Å². The van der Waals surface area contributed by atoms with E-state index in [1.54, 1.807) is 12.1 Å². The zero-order chi connectivity index (χ0) is 13.1. The number of ketones is 1. The lowest BCUT2D eigenvalue weighted by atomic mass is 9.89. The molecule has 0 heterocycles. The second-order valence-electron chi connectivity index (χ2n) is 4.77. The number of hydrogen-bond donors (Lipinski definition) is 1. The number of aliphatic carboxylic acids is 1. The minimum absolute atomic E-state index is 0.00125. The molecule has 0 spiro atoms. The van der Waals surface area contributed by atoms with Crippen LogP contribution in [0.5, 0.6) is 0 Å². The van der Waals surface area contributed by atoms with Crippen molar-refractivity contribution in [1.29, 1.82) is 0 Å². The standard InChI is InChI=1S/C14H15BrO3/c15-11-6-4-9(5-7-11)13(16)8-10-2-1-3-12(10)14(17)18/h4-7,10,12H,1-3,8H2,(H,17,18). The Morgan fingerprint density at radius 3 is 2.50 bits per heavy atom. The van der Waals surface area contributed by atoms with Crippen LogP contribution in [0.3, 0.4) is 0 Å². The van der Waals surface area contributed by atoms with Gasteiger partial charge in [-0.3, -0.25) is 9.59 Å². The summed E-state index contributed by atoms with van der Waals surface area (Å²) in [5.74, 6) is -1.06. The first-order valence-electron chi connectivity index (χ1n) is 6.09. The zero-order valence-corrected chi connectivity index (χ0v) is 11.5. The number of carboxylic acids is 1. The summed E-state index contributed by atoms with van der Waals surface area (Å²) in [6.45, 7) is 0. The molecule has 0 saturated heterocycles. The number of Topliss-reactive ketones (excluding diaryl/α,β-unsaturated/α-hetero) is 1. The summed E-state index contributed by atoms with van der Waals surface area (Å²) in [6.07, 6.45) is 2.81. The van der Waals surface area contributed by atoms with Gasteiger partial charge in [0.25, 0.3) is 0 Å². The van der Waals surface area contributed by atoms with Crippen LogP contribution < -0.4 is 0 Å². The minimum atomic E-state index is -0.763. The fourth-order valence-electron chi connectivity index (χ4n) is 2.60. The number of rotatable bonds is 4. The molecular formula is C14H15BrO3.